The lowest BCUT2D eigenvalue weighted by Gasteiger charge is -2.46. The maximum Gasteiger partial charge on any atom is 0.0890 e. The fourth-order valence-corrected chi connectivity index (χ4v) is 3.67. The lowest BCUT2D eigenvalue weighted by Crippen LogP contribution is -2.59. The fourth-order valence-electron chi connectivity index (χ4n) is 3.67. The third-order valence-corrected chi connectivity index (χ3v) is 5.06. The van der Waals surface area contributed by atoms with Crippen LogP contribution < -0.4 is 0 Å². The van der Waals surface area contributed by atoms with Crippen LogP contribution in [0.2, 0.25) is 0 Å². The molecule has 2 aromatic rings. The first-order valence-electron chi connectivity index (χ1n) is 8.48. The minimum atomic E-state index is 0.772. The molecule has 2 saturated heterocycles. The van der Waals surface area contributed by atoms with E-state index in [4.69, 9.17) is 9.97 Å². The molecule has 0 amide bonds. The smallest absolute Gasteiger partial charge is 0.0890 e. The Kier molecular flexibility index (Phi) is 3.80. The molecule has 4 nitrogen and oxygen atoms in total. The van der Waals surface area contributed by atoms with Crippen molar-refractivity contribution in [2.45, 2.75) is 38.8 Å². The zero-order valence-electron chi connectivity index (χ0n) is 13.3. The number of fused-ring (bicyclic) bond motifs is 1. The van der Waals surface area contributed by atoms with Crippen LogP contribution in [0.3, 0.4) is 0 Å². The second-order valence-corrected chi connectivity index (χ2v) is 6.69. The summed E-state index contributed by atoms with van der Waals surface area (Å²) >= 11 is 0. The highest BCUT2D eigenvalue weighted by atomic mass is 15.3. The zero-order valence-corrected chi connectivity index (χ0v) is 13.3. The van der Waals surface area contributed by atoms with Gasteiger partial charge in [-0.25, -0.2) is 9.97 Å². The van der Waals surface area contributed by atoms with Crippen LogP contribution in [0.4, 0.5) is 0 Å². The van der Waals surface area contributed by atoms with Gasteiger partial charge in [-0.1, -0.05) is 18.6 Å². The standard InChI is InChI=1S/C18H24N4/c1-14-18(20-17-8-4-3-7-16(17)19-14)13-21-11-15(12-21)22-9-5-2-6-10-22/h3-4,7-8,15H,2,5-6,9-13H2,1H3. The first-order valence-corrected chi connectivity index (χ1v) is 8.48. The molecule has 1 aromatic heterocycles. The molecule has 3 heterocycles. The van der Waals surface area contributed by atoms with Crippen LogP contribution in [0.1, 0.15) is 30.7 Å². The van der Waals surface area contributed by atoms with E-state index in [9.17, 15) is 0 Å². The lowest BCUT2D eigenvalue weighted by atomic mass is 10.0. The molecule has 0 atom stereocenters. The maximum atomic E-state index is 4.82. The van der Waals surface area contributed by atoms with Gasteiger partial charge in [-0.2, -0.15) is 0 Å². The van der Waals surface area contributed by atoms with E-state index >= 15 is 0 Å². The summed E-state index contributed by atoms with van der Waals surface area (Å²) in [6, 6.07) is 8.92. The number of likely N-dealkylation sites (tertiary alicyclic amines) is 2. The summed E-state index contributed by atoms with van der Waals surface area (Å²) in [4.78, 5) is 14.7. The summed E-state index contributed by atoms with van der Waals surface area (Å²) in [5.41, 5.74) is 4.21. The minimum Gasteiger partial charge on any atom is -0.298 e. The van der Waals surface area contributed by atoms with Gasteiger partial charge in [0.15, 0.2) is 0 Å². The van der Waals surface area contributed by atoms with Crippen LogP contribution in [0, 0.1) is 6.92 Å². The van der Waals surface area contributed by atoms with Crippen molar-refractivity contribution in [2.75, 3.05) is 26.2 Å². The molecule has 0 radical (unpaired) electrons. The summed E-state index contributed by atoms with van der Waals surface area (Å²) in [5.74, 6) is 0. The number of piperidine rings is 1. The van der Waals surface area contributed by atoms with Crippen LogP contribution in [-0.2, 0) is 6.54 Å². The monoisotopic (exact) mass is 296 g/mol. The Morgan fingerprint density at radius 3 is 2.41 bits per heavy atom. The van der Waals surface area contributed by atoms with Crippen molar-refractivity contribution in [3.8, 4) is 0 Å². The van der Waals surface area contributed by atoms with E-state index in [-0.39, 0.29) is 0 Å². The van der Waals surface area contributed by atoms with Gasteiger partial charge in [0.2, 0.25) is 0 Å². The van der Waals surface area contributed by atoms with Crippen molar-refractivity contribution < 1.29 is 0 Å². The number of benzene rings is 1. The Morgan fingerprint density at radius 1 is 1.00 bits per heavy atom. The summed E-state index contributed by atoms with van der Waals surface area (Å²) in [7, 11) is 0. The average Bonchev–Trinajstić information content (AvgIpc) is 2.51. The number of aryl methyl sites for hydroxylation is 1. The molecule has 0 unspecified atom stereocenters. The molecule has 0 spiro atoms. The van der Waals surface area contributed by atoms with Crippen LogP contribution in [0.5, 0.6) is 0 Å². The van der Waals surface area contributed by atoms with Gasteiger partial charge in [-0.3, -0.25) is 9.80 Å². The van der Waals surface area contributed by atoms with E-state index in [1.807, 2.05) is 18.2 Å². The maximum absolute atomic E-state index is 4.82. The molecule has 2 aliphatic heterocycles. The van der Waals surface area contributed by atoms with Gasteiger partial charge in [0.25, 0.3) is 0 Å². The van der Waals surface area contributed by atoms with Crippen LogP contribution in [0.15, 0.2) is 24.3 Å². The predicted octanol–water partition coefficient (Wildman–Crippen LogP) is 2.61. The summed E-state index contributed by atoms with van der Waals surface area (Å²) in [5, 5.41) is 0. The molecule has 4 heteroatoms. The molecule has 0 saturated carbocycles. The van der Waals surface area contributed by atoms with Gasteiger partial charge < -0.3 is 0 Å². The zero-order chi connectivity index (χ0) is 14.9. The average molecular weight is 296 g/mol. The van der Waals surface area contributed by atoms with Gasteiger partial charge in [0.1, 0.15) is 0 Å². The highest BCUT2D eigenvalue weighted by Crippen LogP contribution is 2.22. The third kappa shape index (κ3) is 2.73. The Hall–Kier alpha value is -1.52. The van der Waals surface area contributed by atoms with Gasteiger partial charge >= 0.3 is 0 Å². The molecule has 0 bridgehead atoms. The summed E-state index contributed by atoms with van der Waals surface area (Å²) < 4.78 is 0. The fraction of sp³-hybridized carbons (Fsp3) is 0.556. The highest BCUT2D eigenvalue weighted by molar-refractivity contribution is 5.74. The molecule has 2 aliphatic rings. The molecular weight excluding hydrogens is 272 g/mol. The molecule has 4 rings (SSSR count). The Labute approximate surface area is 132 Å². The number of hydrogen-bond acceptors (Lipinski definition) is 4. The van der Waals surface area contributed by atoms with Gasteiger partial charge in [-0.05, 0) is 45.0 Å². The molecule has 0 aliphatic carbocycles. The summed E-state index contributed by atoms with van der Waals surface area (Å²) in [6.07, 6.45) is 4.18. The number of rotatable bonds is 3. The normalized spacial score (nSPS) is 21.1. The lowest BCUT2D eigenvalue weighted by molar-refractivity contribution is 0.0178. The topological polar surface area (TPSA) is 32.3 Å². The van der Waals surface area contributed by atoms with Crippen molar-refractivity contribution in [1.82, 2.24) is 19.8 Å². The van der Waals surface area contributed by atoms with E-state index in [1.165, 1.54) is 45.4 Å². The van der Waals surface area contributed by atoms with Crippen LogP contribution in [-0.4, -0.2) is 52.0 Å². The largest absolute Gasteiger partial charge is 0.298 e. The molecule has 22 heavy (non-hydrogen) atoms. The Balaban J connectivity index is 1.41. The first kappa shape index (κ1) is 14.1. The van der Waals surface area contributed by atoms with Crippen LogP contribution in [0.25, 0.3) is 11.0 Å². The molecule has 116 valence electrons. The minimum absolute atomic E-state index is 0.772. The molecular formula is C18H24N4. The van der Waals surface area contributed by atoms with E-state index < -0.39 is 0 Å². The van der Waals surface area contributed by atoms with E-state index in [2.05, 4.69) is 22.8 Å². The van der Waals surface area contributed by atoms with Crippen molar-refractivity contribution >= 4 is 11.0 Å². The number of para-hydroxylation sites is 2. The molecule has 0 N–H and O–H groups in total. The third-order valence-electron chi connectivity index (χ3n) is 5.06. The number of hydrogen-bond donors (Lipinski definition) is 0. The van der Waals surface area contributed by atoms with E-state index in [0.717, 1.165) is 35.0 Å². The SMILES string of the molecule is Cc1nc2ccccc2nc1CN1CC(N2CCCCC2)C1. The van der Waals surface area contributed by atoms with Crippen molar-refractivity contribution in [3.05, 3.63) is 35.7 Å². The van der Waals surface area contributed by atoms with Gasteiger partial charge in [-0.15, -0.1) is 0 Å². The second-order valence-electron chi connectivity index (χ2n) is 6.69. The first-order chi connectivity index (χ1) is 10.8. The quantitative estimate of drug-likeness (QED) is 0.871. The van der Waals surface area contributed by atoms with Gasteiger partial charge in [0, 0.05) is 25.7 Å². The molecule has 1 aromatic carbocycles. The molecule has 2 fully saturated rings. The summed E-state index contributed by atoms with van der Waals surface area (Å²) in [6.45, 7) is 7.99. The predicted molar refractivity (Wildman–Crippen MR) is 88.8 cm³/mol. The Bertz CT molecular complexity index is 657. The van der Waals surface area contributed by atoms with E-state index in [0.29, 0.717) is 0 Å². The Morgan fingerprint density at radius 2 is 1.68 bits per heavy atom. The van der Waals surface area contributed by atoms with E-state index in [1.54, 1.807) is 0 Å². The highest BCUT2D eigenvalue weighted by Gasteiger charge is 2.32. The van der Waals surface area contributed by atoms with Crippen molar-refractivity contribution in [1.29, 1.82) is 0 Å². The van der Waals surface area contributed by atoms with Crippen LogP contribution >= 0.6 is 0 Å². The van der Waals surface area contributed by atoms with Gasteiger partial charge in [0.05, 0.1) is 22.4 Å². The number of nitrogens with zero attached hydrogens (tertiary/aromatic N) is 4. The van der Waals surface area contributed by atoms with Crippen molar-refractivity contribution in [3.63, 3.8) is 0 Å². The second kappa shape index (κ2) is 5.94. The van der Waals surface area contributed by atoms with Crippen molar-refractivity contribution in [2.24, 2.45) is 0 Å². The number of aromatic nitrogens is 2.